The van der Waals surface area contributed by atoms with Crippen LogP contribution in [0.5, 0.6) is 0 Å². The van der Waals surface area contributed by atoms with Gasteiger partial charge in [-0.3, -0.25) is 0 Å². The maximum atomic E-state index is 13.1. The summed E-state index contributed by atoms with van der Waals surface area (Å²) in [6.07, 6.45) is 0.812. The third-order valence-corrected chi connectivity index (χ3v) is 3.81. The van der Waals surface area contributed by atoms with E-state index in [1.165, 1.54) is 12.1 Å². The van der Waals surface area contributed by atoms with Gasteiger partial charge in [0.1, 0.15) is 10.8 Å². The van der Waals surface area contributed by atoms with E-state index >= 15 is 0 Å². The normalized spacial score (nSPS) is 10.4. The standard InChI is InChI=1S/C13H14FN3S2/c1-8-7-19-12(17-8)4-5-16-11-3-2-9(14)6-10(11)13(15)18/h2-3,6-7,16H,4-5H2,1H3,(H2,15,18). The highest BCUT2D eigenvalue weighted by atomic mass is 32.1. The molecule has 1 heterocycles. The Hall–Kier alpha value is -1.53. The third kappa shape index (κ3) is 3.71. The number of nitrogens with two attached hydrogens (primary N) is 1. The van der Waals surface area contributed by atoms with Crippen molar-refractivity contribution in [3.63, 3.8) is 0 Å². The summed E-state index contributed by atoms with van der Waals surface area (Å²) in [6.45, 7) is 2.67. The minimum atomic E-state index is -0.344. The summed E-state index contributed by atoms with van der Waals surface area (Å²) in [6, 6.07) is 4.38. The number of nitrogens with zero attached hydrogens (tertiary/aromatic N) is 1. The highest BCUT2D eigenvalue weighted by Gasteiger charge is 2.07. The molecule has 0 spiro atoms. The van der Waals surface area contributed by atoms with E-state index in [9.17, 15) is 4.39 Å². The van der Waals surface area contributed by atoms with Crippen LogP contribution in [-0.4, -0.2) is 16.5 Å². The van der Waals surface area contributed by atoms with Gasteiger partial charge in [0.2, 0.25) is 0 Å². The zero-order valence-electron chi connectivity index (χ0n) is 10.4. The van der Waals surface area contributed by atoms with E-state index in [0.717, 1.165) is 22.8 Å². The maximum absolute atomic E-state index is 13.1. The fourth-order valence-corrected chi connectivity index (χ4v) is 2.64. The van der Waals surface area contributed by atoms with E-state index in [-0.39, 0.29) is 10.8 Å². The van der Waals surface area contributed by atoms with E-state index in [1.807, 2.05) is 12.3 Å². The average molecular weight is 295 g/mol. The van der Waals surface area contributed by atoms with Gasteiger partial charge >= 0.3 is 0 Å². The average Bonchev–Trinajstić information content (AvgIpc) is 2.77. The molecule has 3 nitrogen and oxygen atoms in total. The lowest BCUT2D eigenvalue weighted by Gasteiger charge is -2.10. The summed E-state index contributed by atoms with van der Waals surface area (Å²) in [7, 11) is 0. The molecule has 2 rings (SSSR count). The van der Waals surface area contributed by atoms with Gasteiger partial charge in [-0.05, 0) is 25.1 Å². The number of thiazole rings is 1. The topological polar surface area (TPSA) is 50.9 Å². The largest absolute Gasteiger partial charge is 0.389 e. The molecule has 19 heavy (non-hydrogen) atoms. The van der Waals surface area contributed by atoms with Crippen molar-refractivity contribution in [1.29, 1.82) is 0 Å². The van der Waals surface area contributed by atoms with Crippen LogP contribution in [0.15, 0.2) is 23.6 Å². The third-order valence-electron chi connectivity index (χ3n) is 2.57. The quantitative estimate of drug-likeness (QED) is 0.833. The second-order valence-electron chi connectivity index (χ2n) is 4.11. The molecule has 0 aliphatic heterocycles. The van der Waals surface area contributed by atoms with Crippen LogP contribution in [0, 0.1) is 12.7 Å². The fraction of sp³-hybridized carbons (Fsp3) is 0.231. The van der Waals surface area contributed by atoms with Gasteiger partial charge in [0.15, 0.2) is 0 Å². The Balaban J connectivity index is 2.01. The van der Waals surface area contributed by atoms with Crippen LogP contribution in [0.1, 0.15) is 16.3 Å². The molecule has 0 bridgehead atoms. The Kier molecular flexibility index (Phi) is 4.44. The van der Waals surface area contributed by atoms with Crippen molar-refractivity contribution in [2.24, 2.45) is 5.73 Å². The van der Waals surface area contributed by atoms with Crippen LogP contribution in [0.2, 0.25) is 0 Å². The number of nitrogens with one attached hydrogen (secondary N) is 1. The van der Waals surface area contributed by atoms with Gasteiger partial charge in [-0.1, -0.05) is 12.2 Å². The van der Waals surface area contributed by atoms with Crippen molar-refractivity contribution in [1.82, 2.24) is 4.98 Å². The molecule has 1 aromatic carbocycles. The van der Waals surface area contributed by atoms with Gasteiger partial charge in [0.05, 0.1) is 5.01 Å². The molecule has 2 aromatic rings. The number of aryl methyl sites for hydroxylation is 1. The van der Waals surface area contributed by atoms with Crippen molar-refractivity contribution in [3.05, 3.63) is 45.7 Å². The molecule has 0 unspecified atom stereocenters. The van der Waals surface area contributed by atoms with Crippen LogP contribution in [0.3, 0.4) is 0 Å². The number of hydrogen-bond donors (Lipinski definition) is 2. The zero-order chi connectivity index (χ0) is 13.8. The molecule has 6 heteroatoms. The van der Waals surface area contributed by atoms with E-state index in [0.29, 0.717) is 12.1 Å². The lowest BCUT2D eigenvalue weighted by molar-refractivity contribution is 0.627. The minimum absolute atomic E-state index is 0.187. The van der Waals surface area contributed by atoms with Gasteiger partial charge in [-0.25, -0.2) is 9.37 Å². The fourth-order valence-electron chi connectivity index (χ4n) is 1.70. The number of rotatable bonds is 5. The van der Waals surface area contributed by atoms with Gasteiger partial charge in [-0.15, -0.1) is 11.3 Å². The second-order valence-corrected chi connectivity index (χ2v) is 5.50. The predicted octanol–water partition coefficient (Wildman–Crippen LogP) is 2.88. The number of thiocarbonyl (C=S) groups is 1. The molecular formula is C13H14FN3S2. The summed E-state index contributed by atoms with van der Waals surface area (Å²) in [5, 5.41) is 6.31. The first-order valence-corrected chi connectivity index (χ1v) is 7.09. The molecule has 0 atom stereocenters. The molecule has 0 radical (unpaired) electrons. The van der Waals surface area contributed by atoms with Crippen molar-refractivity contribution >= 4 is 34.2 Å². The Morgan fingerprint density at radius 2 is 2.32 bits per heavy atom. The lowest BCUT2D eigenvalue weighted by Crippen LogP contribution is -2.15. The van der Waals surface area contributed by atoms with E-state index in [2.05, 4.69) is 10.3 Å². The highest BCUT2D eigenvalue weighted by molar-refractivity contribution is 7.80. The molecule has 0 amide bonds. The summed E-state index contributed by atoms with van der Waals surface area (Å²) in [5.41, 5.74) is 7.90. The number of aromatic nitrogens is 1. The molecule has 0 saturated heterocycles. The van der Waals surface area contributed by atoms with Crippen molar-refractivity contribution in [3.8, 4) is 0 Å². The Bertz CT molecular complexity index is 595. The first-order valence-electron chi connectivity index (χ1n) is 5.80. The minimum Gasteiger partial charge on any atom is -0.389 e. The van der Waals surface area contributed by atoms with Crippen LogP contribution in [-0.2, 0) is 6.42 Å². The van der Waals surface area contributed by atoms with Crippen LogP contribution >= 0.6 is 23.6 Å². The van der Waals surface area contributed by atoms with Gasteiger partial charge in [0.25, 0.3) is 0 Å². The monoisotopic (exact) mass is 295 g/mol. The Morgan fingerprint density at radius 3 is 2.95 bits per heavy atom. The summed E-state index contributed by atoms with van der Waals surface area (Å²) in [5.74, 6) is -0.344. The summed E-state index contributed by atoms with van der Waals surface area (Å²) < 4.78 is 13.1. The van der Waals surface area contributed by atoms with E-state index < -0.39 is 0 Å². The number of anilines is 1. The molecular weight excluding hydrogens is 281 g/mol. The maximum Gasteiger partial charge on any atom is 0.124 e. The molecule has 0 fully saturated rings. The van der Waals surface area contributed by atoms with Gasteiger partial charge < -0.3 is 11.1 Å². The first-order chi connectivity index (χ1) is 9.06. The predicted molar refractivity (Wildman–Crippen MR) is 81.3 cm³/mol. The lowest BCUT2D eigenvalue weighted by atomic mass is 10.1. The molecule has 0 saturated carbocycles. The SMILES string of the molecule is Cc1csc(CCNc2ccc(F)cc2C(N)=S)n1. The first kappa shape index (κ1) is 13.9. The van der Waals surface area contributed by atoms with E-state index in [1.54, 1.807) is 17.4 Å². The Morgan fingerprint density at radius 1 is 1.53 bits per heavy atom. The second kappa shape index (κ2) is 6.08. The smallest absolute Gasteiger partial charge is 0.124 e. The van der Waals surface area contributed by atoms with Crippen LogP contribution in [0.4, 0.5) is 10.1 Å². The van der Waals surface area contributed by atoms with Gasteiger partial charge in [-0.2, -0.15) is 0 Å². The Labute approximate surface area is 120 Å². The van der Waals surface area contributed by atoms with Crippen molar-refractivity contribution in [2.75, 3.05) is 11.9 Å². The number of benzene rings is 1. The zero-order valence-corrected chi connectivity index (χ0v) is 12.1. The van der Waals surface area contributed by atoms with E-state index in [4.69, 9.17) is 18.0 Å². The van der Waals surface area contributed by atoms with Crippen molar-refractivity contribution in [2.45, 2.75) is 13.3 Å². The molecule has 1 aromatic heterocycles. The number of hydrogen-bond acceptors (Lipinski definition) is 4. The van der Waals surface area contributed by atoms with Gasteiger partial charge in [0, 0.05) is 35.3 Å². The number of halogens is 1. The molecule has 100 valence electrons. The highest BCUT2D eigenvalue weighted by Crippen LogP contribution is 2.17. The molecule has 0 aliphatic carbocycles. The van der Waals surface area contributed by atoms with Crippen LogP contribution in [0.25, 0.3) is 0 Å². The molecule has 3 N–H and O–H groups in total. The van der Waals surface area contributed by atoms with Crippen molar-refractivity contribution < 1.29 is 4.39 Å². The summed E-state index contributed by atoms with van der Waals surface area (Å²) in [4.78, 5) is 4.57. The molecule has 0 aliphatic rings. The summed E-state index contributed by atoms with van der Waals surface area (Å²) >= 11 is 6.55. The van der Waals surface area contributed by atoms with Crippen LogP contribution < -0.4 is 11.1 Å².